The van der Waals surface area contributed by atoms with Crippen molar-refractivity contribution in [3.8, 4) is 0 Å². The summed E-state index contributed by atoms with van der Waals surface area (Å²) >= 11 is 0. The second-order valence-corrected chi connectivity index (χ2v) is 6.07. The van der Waals surface area contributed by atoms with Crippen LogP contribution in [0.25, 0.3) is 6.08 Å². The monoisotopic (exact) mass is 385 g/mol. The van der Waals surface area contributed by atoms with Crippen LogP contribution in [0.4, 0.5) is 11.4 Å². The first kappa shape index (κ1) is 19.7. The van der Waals surface area contributed by atoms with E-state index in [0.717, 1.165) is 11.1 Å². The van der Waals surface area contributed by atoms with Gasteiger partial charge in [-0.15, -0.1) is 10.2 Å². The Hall–Kier alpha value is -4.06. The average molecular weight is 385 g/mol. The average Bonchev–Trinajstić information content (AvgIpc) is 2.77. The molecule has 3 aromatic carbocycles. The number of carbonyl (C=O) groups is 2. The Morgan fingerprint density at radius 3 is 2.21 bits per heavy atom. The second-order valence-electron chi connectivity index (χ2n) is 6.07. The normalized spacial score (nSPS) is 10.9. The van der Waals surface area contributed by atoms with Gasteiger partial charge in [0.1, 0.15) is 0 Å². The molecule has 144 valence electrons. The van der Waals surface area contributed by atoms with Crippen LogP contribution in [0.3, 0.4) is 0 Å². The summed E-state index contributed by atoms with van der Waals surface area (Å²) in [6.45, 7) is 0. The summed E-state index contributed by atoms with van der Waals surface area (Å²) in [5.41, 5.74) is 5.45. The van der Waals surface area contributed by atoms with Crippen LogP contribution >= 0.6 is 0 Å². The minimum absolute atomic E-state index is 0.205. The van der Waals surface area contributed by atoms with Crippen molar-refractivity contribution >= 4 is 29.3 Å². The molecule has 0 saturated heterocycles. The molecule has 0 aliphatic carbocycles. The van der Waals surface area contributed by atoms with E-state index in [1.54, 1.807) is 30.3 Å². The molecule has 29 heavy (non-hydrogen) atoms. The molecule has 0 atom stereocenters. The zero-order valence-corrected chi connectivity index (χ0v) is 15.6. The summed E-state index contributed by atoms with van der Waals surface area (Å²) in [6.07, 6.45) is 3.21. The number of nitrogens with one attached hydrogen (secondary N) is 1. The Labute approximate surface area is 168 Å². The standard InChI is InChI=1S/C23H19N3O3/c27-22(17-19-9-5-2-6-10-19)25-24-20-12-14-21(15-13-20)26-29-23(28)16-11-18-7-3-1-4-8-18/h1-16,26H,17H2/b16-11+,25-24?. The van der Waals surface area contributed by atoms with Crippen molar-refractivity contribution in [2.24, 2.45) is 10.2 Å². The molecule has 1 amide bonds. The number of nitrogens with zero attached hydrogens (tertiary/aromatic N) is 2. The molecule has 0 spiro atoms. The largest absolute Gasteiger partial charge is 0.355 e. The van der Waals surface area contributed by atoms with Crippen molar-refractivity contribution in [2.75, 3.05) is 5.48 Å². The van der Waals surface area contributed by atoms with E-state index in [4.69, 9.17) is 4.84 Å². The van der Waals surface area contributed by atoms with Crippen molar-refractivity contribution < 1.29 is 14.4 Å². The van der Waals surface area contributed by atoms with Crippen LogP contribution in [0.15, 0.2) is 101 Å². The van der Waals surface area contributed by atoms with Crippen LogP contribution in [-0.4, -0.2) is 11.9 Å². The molecule has 0 bridgehead atoms. The lowest BCUT2D eigenvalue weighted by Gasteiger charge is -2.04. The number of amides is 1. The molecule has 0 unspecified atom stereocenters. The molecular formula is C23H19N3O3. The quantitative estimate of drug-likeness (QED) is 0.348. The minimum Gasteiger partial charge on any atom is -0.339 e. The van der Waals surface area contributed by atoms with Gasteiger partial charge in [-0.3, -0.25) is 4.79 Å². The highest BCUT2D eigenvalue weighted by Gasteiger charge is 2.02. The molecule has 6 heteroatoms. The van der Waals surface area contributed by atoms with E-state index in [1.165, 1.54) is 6.08 Å². The maximum absolute atomic E-state index is 11.9. The summed E-state index contributed by atoms with van der Waals surface area (Å²) in [5, 5.41) is 7.65. The lowest BCUT2D eigenvalue weighted by atomic mass is 10.1. The molecule has 0 aromatic heterocycles. The summed E-state index contributed by atoms with van der Waals surface area (Å²) in [5.74, 6) is -0.846. The Balaban J connectivity index is 1.46. The topological polar surface area (TPSA) is 80.1 Å². The number of anilines is 1. The minimum atomic E-state index is -0.524. The van der Waals surface area contributed by atoms with Crippen LogP contribution in [0.2, 0.25) is 0 Å². The van der Waals surface area contributed by atoms with Gasteiger partial charge in [0.25, 0.3) is 5.91 Å². The number of carbonyl (C=O) groups excluding carboxylic acids is 2. The zero-order chi connectivity index (χ0) is 20.3. The molecule has 3 rings (SSSR count). The Bertz CT molecular complexity index is 999. The van der Waals surface area contributed by atoms with Gasteiger partial charge in [0.2, 0.25) is 0 Å². The molecule has 3 aromatic rings. The lowest BCUT2D eigenvalue weighted by Crippen LogP contribution is -2.07. The van der Waals surface area contributed by atoms with Crippen LogP contribution in [-0.2, 0) is 20.8 Å². The molecule has 0 saturated carbocycles. The van der Waals surface area contributed by atoms with Crippen LogP contribution in [0.1, 0.15) is 11.1 Å². The van der Waals surface area contributed by atoms with E-state index in [-0.39, 0.29) is 12.3 Å². The highest BCUT2D eigenvalue weighted by Crippen LogP contribution is 2.17. The van der Waals surface area contributed by atoms with Crippen molar-refractivity contribution in [1.29, 1.82) is 0 Å². The summed E-state index contributed by atoms with van der Waals surface area (Å²) in [4.78, 5) is 28.6. The van der Waals surface area contributed by atoms with Crippen LogP contribution in [0, 0.1) is 0 Å². The first-order valence-electron chi connectivity index (χ1n) is 8.97. The van der Waals surface area contributed by atoms with Gasteiger partial charge < -0.3 is 4.84 Å². The van der Waals surface area contributed by atoms with Crippen molar-refractivity contribution in [3.05, 3.63) is 102 Å². The fourth-order valence-corrected chi connectivity index (χ4v) is 2.39. The van der Waals surface area contributed by atoms with Gasteiger partial charge in [-0.05, 0) is 41.5 Å². The third-order valence-electron chi connectivity index (χ3n) is 3.82. The first-order valence-corrected chi connectivity index (χ1v) is 8.97. The summed E-state index contributed by atoms with van der Waals surface area (Å²) in [6, 6.07) is 25.5. The Morgan fingerprint density at radius 1 is 0.862 bits per heavy atom. The van der Waals surface area contributed by atoms with Crippen molar-refractivity contribution in [3.63, 3.8) is 0 Å². The van der Waals surface area contributed by atoms with Gasteiger partial charge in [-0.25, -0.2) is 10.3 Å². The van der Waals surface area contributed by atoms with Gasteiger partial charge in [-0.2, -0.15) is 0 Å². The van der Waals surface area contributed by atoms with E-state index >= 15 is 0 Å². The van der Waals surface area contributed by atoms with E-state index in [1.807, 2.05) is 60.7 Å². The summed E-state index contributed by atoms with van der Waals surface area (Å²) in [7, 11) is 0. The van der Waals surface area contributed by atoms with E-state index in [2.05, 4.69) is 15.7 Å². The van der Waals surface area contributed by atoms with E-state index < -0.39 is 5.97 Å². The van der Waals surface area contributed by atoms with Gasteiger partial charge >= 0.3 is 5.97 Å². The zero-order valence-electron chi connectivity index (χ0n) is 15.6. The first-order chi connectivity index (χ1) is 14.2. The number of benzene rings is 3. The third kappa shape index (κ3) is 6.88. The SMILES string of the molecule is O=C(Cc1ccccc1)N=Nc1ccc(NOC(=O)/C=C/c2ccccc2)cc1. The maximum atomic E-state index is 11.9. The van der Waals surface area contributed by atoms with E-state index in [9.17, 15) is 9.59 Å². The van der Waals surface area contributed by atoms with Gasteiger partial charge in [0.05, 0.1) is 17.8 Å². The number of hydrogen-bond donors (Lipinski definition) is 1. The predicted octanol–water partition coefficient (Wildman–Crippen LogP) is 5.12. The highest BCUT2D eigenvalue weighted by molar-refractivity contribution is 5.87. The van der Waals surface area contributed by atoms with Crippen molar-refractivity contribution in [2.45, 2.75) is 6.42 Å². The molecular weight excluding hydrogens is 366 g/mol. The maximum Gasteiger partial charge on any atom is 0.355 e. The van der Waals surface area contributed by atoms with E-state index in [0.29, 0.717) is 11.4 Å². The molecule has 0 aliphatic heterocycles. The van der Waals surface area contributed by atoms with Gasteiger partial charge in [-0.1, -0.05) is 60.7 Å². The molecule has 0 radical (unpaired) electrons. The van der Waals surface area contributed by atoms with Crippen molar-refractivity contribution in [1.82, 2.24) is 0 Å². The van der Waals surface area contributed by atoms with Crippen LogP contribution in [0.5, 0.6) is 0 Å². The smallest absolute Gasteiger partial charge is 0.339 e. The summed E-state index contributed by atoms with van der Waals surface area (Å²) < 4.78 is 0. The molecule has 0 heterocycles. The number of hydrogen-bond acceptors (Lipinski definition) is 5. The molecule has 6 nitrogen and oxygen atoms in total. The Kier molecular flexibility index (Phi) is 7.01. The fraction of sp³-hybridized carbons (Fsp3) is 0.0435. The highest BCUT2D eigenvalue weighted by atomic mass is 16.7. The van der Waals surface area contributed by atoms with Gasteiger partial charge in [0.15, 0.2) is 0 Å². The lowest BCUT2D eigenvalue weighted by molar-refractivity contribution is -0.134. The van der Waals surface area contributed by atoms with Gasteiger partial charge in [0, 0.05) is 6.08 Å². The molecule has 0 aliphatic rings. The molecule has 1 N–H and O–H groups in total. The third-order valence-corrected chi connectivity index (χ3v) is 3.82. The number of rotatable bonds is 7. The second kappa shape index (κ2) is 10.3. The van der Waals surface area contributed by atoms with Crippen LogP contribution < -0.4 is 5.48 Å². The Morgan fingerprint density at radius 2 is 1.52 bits per heavy atom. The number of azo groups is 1. The molecule has 0 fully saturated rings. The fourth-order valence-electron chi connectivity index (χ4n) is 2.39. The predicted molar refractivity (Wildman–Crippen MR) is 111 cm³/mol.